The van der Waals surface area contributed by atoms with E-state index in [-0.39, 0.29) is 5.41 Å². The van der Waals surface area contributed by atoms with E-state index < -0.39 is 0 Å². The third kappa shape index (κ3) is 2.55. The van der Waals surface area contributed by atoms with E-state index in [1.165, 1.54) is 10.7 Å². The predicted octanol–water partition coefficient (Wildman–Crippen LogP) is 2.89. The molecule has 3 heteroatoms. The Balaban J connectivity index is 2.87. The van der Waals surface area contributed by atoms with Crippen LogP contribution in [-0.4, -0.2) is 11.5 Å². The Kier molecular flexibility index (Phi) is 3.67. The molecule has 0 amide bonds. The van der Waals surface area contributed by atoms with Crippen LogP contribution >= 0.6 is 11.3 Å². The molecule has 0 saturated heterocycles. The smallest absolute Gasteiger partial charge is 0.0982 e. The Morgan fingerprint density at radius 2 is 2.14 bits per heavy atom. The molecule has 0 spiro atoms. The van der Waals surface area contributed by atoms with Crippen LogP contribution in [0.1, 0.15) is 50.7 Å². The first kappa shape index (κ1) is 11.7. The van der Waals surface area contributed by atoms with Crippen molar-refractivity contribution >= 4 is 11.3 Å². The minimum absolute atomic E-state index is 0.163. The van der Waals surface area contributed by atoms with Gasteiger partial charge in [0.15, 0.2) is 0 Å². The molecule has 2 N–H and O–H groups in total. The van der Waals surface area contributed by atoms with Gasteiger partial charge in [-0.2, -0.15) is 0 Å². The van der Waals surface area contributed by atoms with Crippen LogP contribution < -0.4 is 5.73 Å². The summed E-state index contributed by atoms with van der Waals surface area (Å²) < 4.78 is 0. The lowest BCUT2D eigenvalue weighted by atomic mass is 9.98. The Hall–Kier alpha value is -0.410. The van der Waals surface area contributed by atoms with Gasteiger partial charge in [0.1, 0.15) is 0 Å². The summed E-state index contributed by atoms with van der Waals surface area (Å²) in [7, 11) is 0. The van der Waals surface area contributed by atoms with E-state index in [1.807, 2.05) is 0 Å². The van der Waals surface area contributed by atoms with Crippen molar-refractivity contribution in [2.45, 2.75) is 45.4 Å². The lowest BCUT2D eigenvalue weighted by molar-refractivity contribution is 0.575. The Bertz CT molecular complexity index is 282. The number of nitrogens with two attached hydrogens (primary N) is 1. The molecule has 1 aromatic heterocycles. The van der Waals surface area contributed by atoms with Crippen molar-refractivity contribution in [2.75, 3.05) is 6.54 Å². The second-order valence-corrected chi connectivity index (χ2v) is 5.53. The fourth-order valence-corrected chi connectivity index (χ4v) is 2.30. The topological polar surface area (TPSA) is 38.9 Å². The van der Waals surface area contributed by atoms with Crippen LogP contribution in [0.4, 0.5) is 0 Å². The van der Waals surface area contributed by atoms with Gasteiger partial charge in [0.25, 0.3) is 0 Å². The van der Waals surface area contributed by atoms with Gasteiger partial charge in [-0.1, -0.05) is 27.7 Å². The maximum atomic E-state index is 5.70. The Morgan fingerprint density at radius 3 is 2.50 bits per heavy atom. The van der Waals surface area contributed by atoms with Gasteiger partial charge in [-0.05, 0) is 6.42 Å². The largest absolute Gasteiger partial charge is 0.330 e. The average molecular weight is 212 g/mol. The maximum Gasteiger partial charge on any atom is 0.0982 e. The molecule has 0 aliphatic rings. The molecule has 0 saturated carbocycles. The van der Waals surface area contributed by atoms with Crippen molar-refractivity contribution < 1.29 is 0 Å². The van der Waals surface area contributed by atoms with Crippen molar-refractivity contribution in [3.05, 3.63) is 16.1 Å². The van der Waals surface area contributed by atoms with Crippen LogP contribution in [0.2, 0.25) is 0 Å². The first-order valence-electron chi connectivity index (χ1n) is 5.15. The summed E-state index contributed by atoms with van der Waals surface area (Å²) in [6.45, 7) is 9.44. The molecule has 1 rings (SSSR count). The summed E-state index contributed by atoms with van der Waals surface area (Å²) in [6, 6.07) is 0. The van der Waals surface area contributed by atoms with Gasteiger partial charge in [-0.15, -0.1) is 11.3 Å². The highest BCUT2D eigenvalue weighted by atomic mass is 32.1. The van der Waals surface area contributed by atoms with Gasteiger partial charge >= 0.3 is 0 Å². The molecule has 0 radical (unpaired) electrons. The number of rotatable bonds is 3. The molecule has 80 valence electrons. The van der Waals surface area contributed by atoms with Crippen molar-refractivity contribution in [1.82, 2.24) is 4.98 Å². The Morgan fingerprint density at radius 1 is 1.50 bits per heavy atom. The van der Waals surface area contributed by atoms with E-state index in [2.05, 4.69) is 38.1 Å². The lowest BCUT2D eigenvalue weighted by Gasteiger charge is -2.14. The van der Waals surface area contributed by atoms with Gasteiger partial charge in [0, 0.05) is 23.3 Å². The molecular formula is C11H20N2S. The highest BCUT2D eigenvalue weighted by molar-refractivity contribution is 7.09. The number of hydrogen-bond donors (Lipinski definition) is 1. The van der Waals surface area contributed by atoms with E-state index in [1.54, 1.807) is 11.3 Å². The second-order valence-electron chi connectivity index (χ2n) is 4.67. The van der Waals surface area contributed by atoms with Crippen molar-refractivity contribution in [3.63, 3.8) is 0 Å². The van der Waals surface area contributed by atoms with Crippen LogP contribution in [0.5, 0.6) is 0 Å². The molecule has 2 nitrogen and oxygen atoms in total. The standard InChI is InChI=1S/C11H20N2S/c1-5-8(6-12)9-7-14-10(13-9)11(2,3)4/h7-8H,5-6,12H2,1-4H3. The maximum absolute atomic E-state index is 5.70. The monoisotopic (exact) mass is 212 g/mol. The molecule has 1 atom stereocenters. The van der Waals surface area contributed by atoms with Crippen LogP contribution in [0, 0.1) is 0 Å². The summed E-state index contributed by atoms with van der Waals surface area (Å²) in [5, 5.41) is 3.36. The van der Waals surface area contributed by atoms with Gasteiger partial charge in [-0.3, -0.25) is 0 Å². The third-order valence-corrected chi connectivity index (χ3v) is 3.65. The van der Waals surface area contributed by atoms with Gasteiger partial charge in [-0.25, -0.2) is 4.98 Å². The molecule has 0 aliphatic heterocycles. The molecule has 1 unspecified atom stereocenters. The minimum atomic E-state index is 0.163. The molecule has 1 heterocycles. The number of nitrogens with zero attached hydrogens (tertiary/aromatic N) is 1. The van der Waals surface area contributed by atoms with Gasteiger partial charge in [0.2, 0.25) is 0 Å². The van der Waals surface area contributed by atoms with Crippen molar-refractivity contribution in [3.8, 4) is 0 Å². The van der Waals surface area contributed by atoms with Gasteiger partial charge in [0.05, 0.1) is 10.7 Å². The SMILES string of the molecule is CCC(CN)c1csc(C(C)(C)C)n1. The van der Waals surface area contributed by atoms with E-state index in [4.69, 9.17) is 5.73 Å². The second kappa shape index (κ2) is 4.41. The molecule has 0 aromatic carbocycles. The highest BCUT2D eigenvalue weighted by Gasteiger charge is 2.20. The molecular weight excluding hydrogens is 192 g/mol. The first-order valence-corrected chi connectivity index (χ1v) is 6.03. The van der Waals surface area contributed by atoms with Crippen LogP contribution in [0.15, 0.2) is 5.38 Å². The summed E-state index contributed by atoms with van der Waals surface area (Å²) in [5.41, 5.74) is 7.03. The third-order valence-electron chi connectivity index (χ3n) is 2.36. The summed E-state index contributed by atoms with van der Waals surface area (Å²) >= 11 is 1.75. The fourth-order valence-electron chi connectivity index (χ4n) is 1.31. The fraction of sp³-hybridized carbons (Fsp3) is 0.727. The predicted molar refractivity (Wildman–Crippen MR) is 62.9 cm³/mol. The molecule has 0 aliphatic carbocycles. The van der Waals surface area contributed by atoms with Crippen LogP contribution in [0.3, 0.4) is 0 Å². The average Bonchev–Trinajstić information content (AvgIpc) is 2.54. The van der Waals surface area contributed by atoms with E-state index in [0.29, 0.717) is 12.5 Å². The van der Waals surface area contributed by atoms with E-state index >= 15 is 0 Å². The van der Waals surface area contributed by atoms with Crippen molar-refractivity contribution in [2.24, 2.45) is 5.73 Å². The normalized spacial score (nSPS) is 14.4. The number of aromatic nitrogens is 1. The lowest BCUT2D eigenvalue weighted by Crippen LogP contribution is -2.14. The Labute approximate surface area is 90.6 Å². The zero-order valence-electron chi connectivity index (χ0n) is 9.50. The zero-order chi connectivity index (χ0) is 10.8. The zero-order valence-corrected chi connectivity index (χ0v) is 10.3. The summed E-state index contributed by atoms with van der Waals surface area (Å²) in [5.74, 6) is 0.433. The van der Waals surface area contributed by atoms with Gasteiger partial charge < -0.3 is 5.73 Å². The summed E-state index contributed by atoms with van der Waals surface area (Å²) in [4.78, 5) is 4.66. The van der Waals surface area contributed by atoms with Crippen molar-refractivity contribution in [1.29, 1.82) is 0 Å². The molecule has 0 bridgehead atoms. The number of hydrogen-bond acceptors (Lipinski definition) is 3. The van der Waals surface area contributed by atoms with E-state index in [0.717, 1.165) is 6.42 Å². The first-order chi connectivity index (χ1) is 6.49. The van der Waals surface area contributed by atoms with E-state index in [9.17, 15) is 0 Å². The molecule has 0 fully saturated rings. The molecule has 14 heavy (non-hydrogen) atoms. The molecule has 1 aromatic rings. The number of thiazole rings is 1. The van der Waals surface area contributed by atoms with Crippen LogP contribution in [0.25, 0.3) is 0 Å². The summed E-state index contributed by atoms with van der Waals surface area (Å²) in [6.07, 6.45) is 1.07. The minimum Gasteiger partial charge on any atom is -0.330 e. The quantitative estimate of drug-likeness (QED) is 0.836. The highest BCUT2D eigenvalue weighted by Crippen LogP contribution is 2.28. The van der Waals surface area contributed by atoms with Crippen LogP contribution in [-0.2, 0) is 5.41 Å².